The Morgan fingerprint density at radius 2 is 1.93 bits per heavy atom. The van der Waals surface area contributed by atoms with Crippen molar-refractivity contribution in [2.75, 3.05) is 0 Å². The molecule has 0 saturated heterocycles. The van der Waals surface area contributed by atoms with Crippen LogP contribution in [-0.2, 0) is 0 Å². The predicted octanol–water partition coefficient (Wildman–Crippen LogP) is 4.33. The molecule has 1 heteroatoms. The fourth-order valence-electron chi connectivity index (χ4n) is 1.66. The van der Waals surface area contributed by atoms with E-state index in [9.17, 15) is 0 Å². The first-order valence-corrected chi connectivity index (χ1v) is 5.10. The van der Waals surface area contributed by atoms with Crippen LogP contribution >= 0.6 is 0 Å². The van der Waals surface area contributed by atoms with Gasteiger partial charge in [0.25, 0.3) is 0 Å². The van der Waals surface area contributed by atoms with Gasteiger partial charge in [-0.3, -0.25) is 0 Å². The maximum Gasteiger partial charge on any atom is 0.134 e. The molecule has 1 heterocycles. The predicted molar refractivity (Wildman–Crippen MR) is 64.8 cm³/mol. The van der Waals surface area contributed by atoms with Gasteiger partial charge in [-0.2, -0.15) is 0 Å². The molecule has 0 bridgehead atoms. The third-order valence-electron chi connectivity index (χ3n) is 2.39. The molecule has 0 atom stereocenters. The van der Waals surface area contributed by atoms with Gasteiger partial charge >= 0.3 is 0 Å². The summed E-state index contributed by atoms with van der Waals surface area (Å²) >= 11 is 0. The van der Waals surface area contributed by atoms with Crippen molar-refractivity contribution >= 4 is 17.0 Å². The molecule has 1 aromatic carbocycles. The van der Waals surface area contributed by atoms with Crippen molar-refractivity contribution < 1.29 is 4.42 Å². The Morgan fingerprint density at radius 3 is 2.73 bits per heavy atom. The summed E-state index contributed by atoms with van der Waals surface area (Å²) in [6, 6.07) is 8.10. The van der Waals surface area contributed by atoms with Crippen molar-refractivity contribution in [3.05, 3.63) is 53.8 Å². The number of allylic oxidation sites excluding steroid dienone is 3. The molecular formula is C14H14O. The van der Waals surface area contributed by atoms with Gasteiger partial charge in [-0.05, 0) is 19.9 Å². The quantitative estimate of drug-likeness (QED) is 0.654. The molecule has 0 saturated carbocycles. The van der Waals surface area contributed by atoms with E-state index in [0.29, 0.717) is 0 Å². The number of benzene rings is 1. The van der Waals surface area contributed by atoms with Crippen LogP contribution in [0.4, 0.5) is 0 Å². The second-order valence-electron chi connectivity index (χ2n) is 3.45. The van der Waals surface area contributed by atoms with Crippen LogP contribution in [0.15, 0.2) is 46.9 Å². The third-order valence-corrected chi connectivity index (χ3v) is 2.39. The van der Waals surface area contributed by atoms with Gasteiger partial charge in [-0.25, -0.2) is 0 Å². The lowest BCUT2D eigenvalue weighted by Gasteiger charge is -1.89. The van der Waals surface area contributed by atoms with Crippen LogP contribution < -0.4 is 0 Å². The van der Waals surface area contributed by atoms with Gasteiger partial charge in [-0.15, -0.1) is 0 Å². The lowest BCUT2D eigenvalue weighted by atomic mass is 10.1. The summed E-state index contributed by atoms with van der Waals surface area (Å²) in [5.41, 5.74) is 2.12. The Labute approximate surface area is 89.7 Å². The summed E-state index contributed by atoms with van der Waals surface area (Å²) in [7, 11) is 0. The van der Waals surface area contributed by atoms with Crippen molar-refractivity contribution in [1.29, 1.82) is 0 Å². The van der Waals surface area contributed by atoms with E-state index < -0.39 is 0 Å². The summed E-state index contributed by atoms with van der Waals surface area (Å²) in [5, 5.41) is 1.18. The molecule has 0 aliphatic heterocycles. The van der Waals surface area contributed by atoms with Gasteiger partial charge in [0.15, 0.2) is 0 Å². The number of furan rings is 1. The van der Waals surface area contributed by atoms with Crippen LogP contribution in [0.1, 0.15) is 18.2 Å². The van der Waals surface area contributed by atoms with Crippen molar-refractivity contribution in [2.45, 2.75) is 13.8 Å². The molecular weight excluding hydrogens is 184 g/mol. The highest BCUT2D eigenvalue weighted by atomic mass is 16.3. The average molecular weight is 198 g/mol. The van der Waals surface area contributed by atoms with E-state index in [0.717, 1.165) is 11.3 Å². The number of para-hydroxylation sites is 1. The van der Waals surface area contributed by atoms with E-state index in [1.54, 1.807) is 0 Å². The first kappa shape index (κ1) is 9.78. The van der Waals surface area contributed by atoms with E-state index >= 15 is 0 Å². The zero-order valence-electron chi connectivity index (χ0n) is 9.03. The van der Waals surface area contributed by atoms with Crippen molar-refractivity contribution in [3.63, 3.8) is 0 Å². The molecule has 1 aromatic heterocycles. The van der Waals surface area contributed by atoms with Gasteiger partial charge in [-0.1, -0.05) is 42.5 Å². The molecule has 0 fully saturated rings. The van der Waals surface area contributed by atoms with Crippen LogP contribution in [-0.4, -0.2) is 0 Å². The number of rotatable bonds is 2. The molecule has 0 aliphatic rings. The van der Waals surface area contributed by atoms with E-state index in [1.165, 1.54) is 10.9 Å². The Balaban J connectivity index is 2.54. The molecule has 1 nitrogen and oxygen atoms in total. The molecule has 2 aromatic rings. The molecule has 15 heavy (non-hydrogen) atoms. The number of hydrogen-bond donors (Lipinski definition) is 0. The summed E-state index contributed by atoms with van der Waals surface area (Å²) in [6.45, 7) is 4.00. The highest BCUT2D eigenvalue weighted by Gasteiger charge is 2.06. The molecule has 0 aliphatic carbocycles. The van der Waals surface area contributed by atoms with Crippen molar-refractivity contribution in [3.8, 4) is 0 Å². The summed E-state index contributed by atoms with van der Waals surface area (Å²) in [5.74, 6) is 0.969. The highest BCUT2D eigenvalue weighted by Crippen LogP contribution is 2.26. The Bertz CT molecular complexity index is 515. The topological polar surface area (TPSA) is 13.1 Å². The first-order valence-electron chi connectivity index (χ1n) is 5.10. The number of hydrogen-bond acceptors (Lipinski definition) is 1. The standard InChI is InChI=1S/C14H14O/c1-3-4-5-8-12-11(2)15-14-10-7-6-9-13(12)14/h3-10H,1-2H3/b4-3+,8-5-. The third kappa shape index (κ3) is 1.86. The Hall–Kier alpha value is -1.76. The molecule has 0 unspecified atom stereocenters. The van der Waals surface area contributed by atoms with E-state index in [1.807, 2.05) is 50.3 Å². The average Bonchev–Trinajstić information content (AvgIpc) is 2.56. The fraction of sp³-hybridized carbons (Fsp3) is 0.143. The molecule has 2 rings (SSSR count). The molecule has 0 radical (unpaired) electrons. The fourth-order valence-corrected chi connectivity index (χ4v) is 1.66. The molecule has 0 N–H and O–H groups in total. The maximum absolute atomic E-state index is 5.65. The zero-order chi connectivity index (χ0) is 10.7. The minimum absolute atomic E-state index is 0.954. The second kappa shape index (κ2) is 4.18. The Morgan fingerprint density at radius 1 is 1.13 bits per heavy atom. The first-order chi connectivity index (χ1) is 7.33. The van der Waals surface area contributed by atoms with Crippen LogP contribution in [0.2, 0.25) is 0 Å². The second-order valence-corrected chi connectivity index (χ2v) is 3.45. The van der Waals surface area contributed by atoms with Crippen LogP contribution in [0, 0.1) is 6.92 Å². The minimum Gasteiger partial charge on any atom is -0.461 e. The zero-order valence-corrected chi connectivity index (χ0v) is 9.03. The molecule has 0 spiro atoms. The van der Waals surface area contributed by atoms with Gasteiger partial charge < -0.3 is 4.42 Å². The summed E-state index contributed by atoms with van der Waals surface area (Å²) in [4.78, 5) is 0. The largest absolute Gasteiger partial charge is 0.461 e. The van der Waals surface area contributed by atoms with Crippen LogP contribution in [0.3, 0.4) is 0 Å². The summed E-state index contributed by atoms with van der Waals surface area (Å²) in [6.07, 6.45) is 8.14. The number of fused-ring (bicyclic) bond motifs is 1. The normalized spacial score (nSPS) is 12.1. The minimum atomic E-state index is 0.954. The number of aryl methyl sites for hydroxylation is 1. The molecule has 76 valence electrons. The smallest absolute Gasteiger partial charge is 0.134 e. The van der Waals surface area contributed by atoms with Gasteiger partial charge in [0.1, 0.15) is 11.3 Å². The van der Waals surface area contributed by atoms with Gasteiger partial charge in [0.05, 0.1) is 0 Å². The lowest BCUT2D eigenvalue weighted by molar-refractivity contribution is 0.577. The van der Waals surface area contributed by atoms with E-state index in [4.69, 9.17) is 4.42 Å². The molecule has 0 amide bonds. The van der Waals surface area contributed by atoms with Crippen molar-refractivity contribution in [1.82, 2.24) is 0 Å². The van der Waals surface area contributed by atoms with E-state index in [2.05, 4.69) is 12.1 Å². The van der Waals surface area contributed by atoms with Crippen molar-refractivity contribution in [2.24, 2.45) is 0 Å². The maximum atomic E-state index is 5.65. The Kier molecular flexibility index (Phi) is 2.72. The lowest BCUT2D eigenvalue weighted by Crippen LogP contribution is -1.71. The van der Waals surface area contributed by atoms with Crippen LogP contribution in [0.25, 0.3) is 17.0 Å². The SMILES string of the molecule is C/C=C/C=C\c1c(C)oc2ccccc12. The van der Waals surface area contributed by atoms with Gasteiger partial charge in [0.2, 0.25) is 0 Å². The highest BCUT2D eigenvalue weighted by molar-refractivity contribution is 5.88. The van der Waals surface area contributed by atoms with Crippen LogP contribution in [0.5, 0.6) is 0 Å². The van der Waals surface area contributed by atoms with E-state index in [-0.39, 0.29) is 0 Å². The van der Waals surface area contributed by atoms with Gasteiger partial charge in [0, 0.05) is 10.9 Å². The summed E-state index contributed by atoms with van der Waals surface area (Å²) < 4.78 is 5.65. The monoisotopic (exact) mass is 198 g/mol.